The van der Waals surface area contributed by atoms with E-state index < -0.39 is 0 Å². The van der Waals surface area contributed by atoms with Gasteiger partial charge in [-0.25, -0.2) is 0 Å². The van der Waals surface area contributed by atoms with Crippen molar-refractivity contribution in [2.75, 3.05) is 6.61 Å². The first kappa shape index (κ1) is 10.7. The van der Waals surface area contributed by atoms with Gasteiger partial charge < -0.3 is 10.1 Å². The fourth-order valence-corrected chi connectivity index (χ4v) is 2.03. The molecule has 1 fully saturated rings. The Hall–Kier alpha value is -0.860. The Balaban J connectivity index is 1.80. The summed E-state index contributed by atoms with van der Waals surface area (Å²) in [6.07, 6.45) is 1.10. The van der Waals surface area contributed by atoms with Crippen molar-refractivity contribution in [3.63, 3.8) is 0 Å². The van der Waals surface area contributed by atoms with Crippen LogP contribution in [0.15, 0.2) is 30.3 Å². The second kappa shape index (κ2) is 4.33. The number of nitrogens with one attached hydrogen (secondary N) is 1. The summed E-state index contributed by atoms with van der Waals surface area (Å²) in [5.41, 5.74) is 1.39. The molecule has 0 aliphatic carbocycles. The maximum absolute atomic E-state index is 5.68. The van der Waals surface area contributed by atoms with Gasteiger partial charge in [-0.2, -0.15) is 0 Å². The van der Waals surface area contributed by atoms with Gasteiger partial charge >= 0.3 is 0 Å². The summed E-state index contributed by atoms with van der Waals surface area (Å²) in [5, 5.41) is 3.53. The molecule has 0 bridgehead atoms. The van der Waals surface area contributed by atoms with Crippen molar-refractivity contribution in [1.82, 2.24) is 5.32 Å². The minimum atomic E-state index is 0.0500. The summed E-state index contributed by atoms with van der Waals surface area (Å²) >= 11 is 0. The van der Waals surface area contributed by atoms with Crippen LogP contribution in [-0.4, -0.2) is 18.2 Å². The van der Waals surface area contributed by atoms with Gasteiger partial charge in [0.2, 0.25) is 0 Å². The van der Waals surface area contributed by atoms with Crippen LogP contribution < -0.4 is 5.32 Å². The number of benzene rings is 1. The molecule has 1 aromatic carbocycles. The van der Waals surface area contributed by atoms with E-state index in [4.69, 9.17) is 4.74 Å². The van der Waals surface area contributed by atoms with E-state index in [2.05, 4.69) is 43.4 Å². The maximum atomic E-state index is 5.68. The highest BCUT2D eigenvalue weighted by Gasteiger charge is 2.31. The van der Waals surface area contributed by atoms with Crippen LogP contribution in [-0.2, 0) is 11.3 Å². The molecular weight excluding hydrogens is 186 g/mol. The molecule has 2 heteroatoms. The van der Waals surface area contributed by atoms with Crippen LogP contribution in [0.1, 0.15) is 25.8 Å². The Bertz CT molecular complexity index is 308. The number of hydrogen-bond acceptors (Lipinski definition) is 2. The standard InChI is InChI=1S/C13H19NO/c1-13(2)8-12(10-15-13)14-9-11-6-4-3-5-7-11/h3-7,12,14H,8-10H2,1-2H3. The molecular formula is C13H19NO. The van der Waals surface area contributed by atoms with Gasteiger partial charge in [-0.05, 0) is 25.8 Å². The zero-order chi connectivity index (χ0) is 10.7. The van der Waals surface area contributed by atoms with Crippen molar-refractivity contribution in [2.45, 2.75) is 38.5 Å². The molecule has 15 heavy (non-hydrogen) atoms. The van der Waals surface area contributed by atoms with Gasteiger partial charge in [0.05, 0.1) is 12.2 Å². The number of hydrogen-bond donors (Lipinski definition) is 1. The first-order valence-electron chi connectivity index (χ1n) is 5.57. The van der Waals surface area contributed by atoms with Gasteiger partial charge in [-0.3, -0.25) is 0 Å². The molecule has 1 atom stereocenters. The van der Waals surface area contributed by atoms with Gasteiger partial charge in [-0.1, -0.05) is 30.3 Å². The van der Waals surface area contributed by atoms with Crippen molar-refractivity contribution < 1.29 is 4.74 Å². The predicted octanol–water partition coefficient (Wildman–Crippen LogP) is 2.34. The average Bonchev–Trinajstić information content (AvgIpc) is 2.57. The second-order valence-corrected chi connectivity index (χ2v) is 4.84. The highest BCUT2D eigenvalue weighted by Crippen LogP contribution is 2.24. The number of ether oxygens (including phenoxy) is 1. The van der Waals surface area contributed by atoms with Crippen LogP contribution in [0.3, 0.4) is 0 Å². The third kappa shape index (κ3) is 3.05. The van der Waals surface area contributed by atoms with Crippen molar-refractivity contribution >= 4 is 0 Å². The van der Waals surface area contributed by atoms with Gasteiger partial charge in [-0.15, -0.1) is 0 Å². The molecule has 2 nitrogen and oxygen atoms in total. The summed E-state index contributed by atoms with van der Waals surface area (Å²) in [5.74, 6) is 0. The lowest BCUT2D eigenvalue weighted by molar-refractivity contribution is 0.0357. The van der Waals surface area contributed by atoms with E-state index in [1.54, 1.807) is 0 Å². The molecule has 0 amide bonds. The molecule has 0 saturated carbocycles. The normalized spacial score (nSPS) is 24.3. The van der Waals surface area contributed by atoms with E-state index in [-0.39, 0.29) is 5.60 Å². The second-order valence-electron chi connectivity index (χ2n) is 4.84. The third-order valence-electron chi connectivity index (χ3n) is 2.85. The molecule has 2 rings (SSSR count). The largest absolute Gasteiger partial charge is 0.374 e. The average molecular weight is 205 g/mol. The fourth-order valence-electron chi connectivity index (χ4n) is 2.03. The summed E-state index contributed by atoms with van der Waals surface area (Å²) < 4.78 is 5.68. The Labute approximate surface area is 91.6 Å². The Morgan fingerprint density at radius 3 is 2.67 bits per heavy atom. The van der Waals surface area contributed by atoms with E-state index in [9.17, 15) is 0 Å². The summed E-state index contributed by atoms with van der Waals surface area (Å²) in [6, 6.07) is 11.0. The zero-order valence-electron chi connectivity index (χ0n) is 9.49. The van der Waals surface area contributed by atoms with Crippen molar-refractivity contribution in [1.29, 1.82) is 0 Å². The molecule has 0 radical (unpaired) electrons. The zero-order valence-corrected chi connectivity index (χ0v) is 9.49. The van der Waals surface area contributed by atoms with Crippen molar-refractivity contribution in [2.24, 2.45) is 0 Å². The first-order valence-corrected chi connectivity index (χ1v) is 5.57. The molecule has 0 spiro atoms. The quantitative estimate of drug-likeness (QED) is 0.818. The topological polar surface area (TPSA) is 21.3 Å². The molecule has 1 unspecified atom stereocenters. The van der Waals surface area contributed by atoms with Crippen LogP contribution in [0.5, 0.6) is 0 Å². The van der Waals surface area contributed by atoms with Crippen LogP contribution in [0, 0.1) is 0 Å². The molecule has 82 valence electrons. The molecule has 1 aliphatic heterocycles. The predicted molar refractivity (Wildman–Crippen MR) is 61.7 cm³/mol. The SMILES string of the molecule is CC1(C)CC(NCc2ccccc2)CO1. The lowest BCUT2D eigenvalue weighted by atomic mass is 10.0. The summed E-state index contributed by atoms with van der Waals surface area (Å²) in [4.78, 5) is 0. The van der Waals surface area contributed by atoms with Crippen LogP contribution >= 0.6 is 0 Å². The molecule has 1 N–H and O–H groups in total. The lowest BCUT2D eigenvalue weighted by Crippen LogP contribution is -2.29. The minimum absolute atomic E-state index is 0.0500. The van der Waals surface area contributed by atoms with Crippen LogP contribution in [0.25, 0.3) is 0 Å². The van der Waals surface area contributed by atoms with E-state index in [0.717, 1.165) is 19.6 Å². The van der Waals surface area contributed by atoms with E-state index in [1.165, 1.54) is 5.56 Å². The highest BCUT2D eigenvalue weighted by molar-refractivity contribution is 5.14. The van der Waals surface area contributed by atoms with Gasteiger partial charge in [0, 0.05) is 12.6 Å². The maximum Gasteiger partial charge on any atom is 0.0643 e. The summed E-state index contributed by atoms with van der Waals surface area (Å²) in [7, 11) is 0. The fraction of sp³-hybridized carbons (Fsp3) is 0.538. The third-order valence-corrected chi connectivity index (χ3v) is 2.85. The Kier molecular flexibility index (Phi) is 3.08. The van der Waals surface area contributed by atoms with Crippen LogP contribution in [0.2, 0.25) is 0 Å². The highest BCUT2D eigenvalue weighted by atomic mass is 16.5. The van der Waals surface area contributed by atoms with E-state index in [0.29, 0.717) is 6.04 Å². The van der Waals surface area contributed by atoms with Gasteiger partial charge in [0.25, 0.3) is 0 Å². The van der Waals surface area contributed by atoms with Gasteiger partial charge in [0.1, 0.15) is 0 Å². The smallest absolute Gasteiger partial charge is 0.0643 e. The monoisotopic (exact) mass is 205 g/mol. The lowest BCUT2D eigenvalue weighted by Gasteiger charge is -2.16. The summed E-state index contributed by atoms with van der Waals surface area (Å²) in [6.45, 7) is 6.07. The number of rotatable bonds is 3. The molecule has 1 aromatic rings. The van der Waals surface area contributed by atoms with Crippen molar-refractivity contribution in [3.05, 3.63) is 35.9 Å². The van der Waals surface area contributed by atoms with Crippen LogP contribution in [0.4, 0.5) is 0 Å². The Morgan fingerprint density at radius 1 is 1.33 bits per heavy atom. The molecule has 0 aromatic heterocycles. The molecule has 1 aliphatic rings. The minimum Gasteiger partial charge on any atom is -0.374 e. The van der Waals surface area contributed by atoms with Gasteiger partial charge in [0.15, 0.2) is 0 Å². The molecule has 1 saturated heterocycles. The van der Waals surface area contributed by atoms with Crippen molar-refractivity contribution in [3.8, 4) is 0 Å². The van der Waals surface area contributed by atoms with E-state index >= 15 is 0 Å². The van der Waals surface area contributed by atoms with E-state index in [1.807, 2.05) is 6.07 Å². The first-order chi connectivity index (χ1) is 7.16. The Morgan fingerprint density at radius 2 is 2.07 bits per heavy atom. The molecule has 1 heterocycles.